The van der Waals surface area contributed by atoms with E-state index in [1.165, 1.54) is 11.3 Å². The van der Waals surface area contributed by atoms with Gasteiger partial charge in [-0.25, -0.2) is 4.98 Å². The van der Waals surface area contributed by atoms with Gasteiger partial charge in [0.05, 0.1) is 12.1 Å². The van der Waals surface area contributed by atoms with Gasteiger partial charge >= 0.3 is 0 Å². The number of anilines is 1. The minimum atomic E-state index is -0.0743. The molecule has 3 aromatic rings. The molecule has 4 nitrogen and oxygen atoms in total. The van der Waals surface area contributed by atoms with E-state index in [4.69, 9.17) is 16.3 Å². The van der Waals surface area contributed by atoms with E-state index in [2.05, 4.69) is 10.3 Å². The Balaban J connectivity index is 1.56. The van der Waals surface area contributed by atoms with Gasteiger partial charge in [0.2, 0.25) is 5.91 Å². The SMILES string of the molecule is Cc1cc(OCc2nc(CC(=O)Nc3cccc(C)c3C)cs2)ccc1Cl. The molecule has 0 unspecified atom stereocenters. The fourth-order valence-corrected chi connectivity index (χ4v) is 3.42. The van der Waals surface area contributed by atoms with Crippen molar-refractivity contribution in [2.45, 2.75) is 33.8 Å². The molecule has 1 heterocycles. The van der Waals surface area contributed by atoms with Crippen LogP contribution in [0.2, 0.25) is 5.02 Å². The first-order valence-electron chi connectivity index (χ1n) is 8.60. The van der Waals surface area contributed by atoms with Gasteiger partial charge in [0.25, 0.3) is 0 Å². The van der Waals surface area contributed by atoms with Crippen LogP contribution in [0.15, 0.2) is 41.8 Å². The van der Waals surface area contributed by atoms with E-state index in [1.54, 1.807) is 0 Å². The number of rotatable bonds is 6. The predicted molar refractivity (Wildman–Crippen MR) is 111 cm³/mol. The van der Waals surface area contributed by atoms with E-state index in [9.17, 15) is 4.79 Å². The molecule has 0 spiro atoms. The highest BCUT2D eigenvalue weighted by molar-refractivity contribution is 7.09. The lowest BCUT2D eigenvalue weighted by Gasteiger charge is -2.09. The number of thiazole rings is 1. The summed E-state index contributed by atoms with van der Waals surface area (Å²) in [6.45, 7) is 6.33. The number of carbonyl (C=O) groups excluding carboxylic acids is 1. The molecule has 0 fully saturated rings. The van der Waals surface area contributed by atoms with Crippen molar-refractivity contribution in [3.63, 3.8) is 0 Å². The molecule has 0 saturated carbocycles. The van der Waals surface area contributed by atoms with Crippen molar-refractivity contribution in [2.75, 3.05) is 5.32 Å². The first-order valence-corrected chi connectivity index (χ1v) is 9.86. The molecule has 2 aromatic carbocycles. The molecule has 0 radical (unpaired) electrons. The number of halogens is 1. The first-order chi connectivity index (χ1) is 12.9. The third-order valence-electron chi connectivity index (χ3n) is 4.31. The average molecular weight is 401 g/mol. The number of aryl methyl sites for hydroxylation is 2. The standard InChI is InChI=1S/C21H21ClN2O2S/c1-13-5-4-6-19(15(13)3)24-20(25)10-16-12-27-21(23-16)11-26-17-7-8-18(22)14(2)9-17/h4-9,12H,10-11H2,1-3H3,(H,24,25). The summed E-state index contributed by atoms with van der Waals surface area (Å²) in [5, 5.41) is 6.40. The number of amides is 1. The summed E-state index contributed by atoms with van der Waals surface area (Å²) in [5.41, 5.74) is 4.79. The van der Waals surface area contributed by atoms with E-state index < -0.39 is 0 Å². The number of hydrogen-bond acceptors (Lipinski definition) is 4. The molecule has 1 N–H and O–H groups in total. The Hall–Kier alpha value is -2.37. The third kappa shape index (κ3) is 5.08. The predicted octanol–water partition coefficient (Wildman–Crippen LogP) is 5.48. The monoisotopic (exact) mass is 400 g/mol. The molecule has 0 atom stereocenters. The molecule has 1 aromatic heterocycles. The topological polar surface area (TPSA) is 51.2 Å². The van der Waals surface area contributed by atoms with Crippen LogP contribution >= 0.6 is 22.9 Å². The van der Waals surface area contributed by atoms with Crippen molar-refractivity contribution in [3.8, 4) is 5.75 Å². The minimum Gasteiger partial charge on any atom is -0.486 e. The second-order valence-corrected chi connectivity index (χ2v) is 7.75. The summed E-state index contributed by atoms with van der Waals surface area (Å²) >= 11 is 7.51. The van der Waals surface area contributed by atoms with E-state index >= 15 is 0 Å². The molecule has 3 rings (SSSR count). The minimum absolute atomic E-state index is 0.0743. The molecule has 0 aliphatic rings. The van der Waals surface area contributed by atoms with E-state index in [0.29, 0.717) is 11.6 Å². The lowest BCUT2D eigenvalue weighted by molar-refractivity contribution is -0.115. The van der Waals surface area contributed by atoms with Crippen LogP contribution in [0.25, 0.3) is 0 Å². The normalized spacial score (nSPS) is 10.7. The van der Waals surface area contributed by atoms with Crippen LogP contribution in [-0.4, -0.2) is 10.9 Å². The van der Waals surface area contributed by atoms with Gasteiger partial charge in [0, 0.05) is 16.1 Å². The van der Waals surface area contributed by atoms with Crippen molar-refractivity contribution in [2.24, 2.45) is 0 Å². The van der Waals surface area contributed by atoms with Gasteiger partial charge in [0.15, 0.2) is 0 Å². The third-order valence-corrected chi connectivity index (χ3v) is 5.61. The fourth-order valence-electron chi connectivity index (χ4n) is 2.59. The molecular formula is C21H21ClN2O2S. The summed E-state index contributed by atoms with van der Waals surface area (Å²) < 4.78 is 5.76. The quantitative estimate of drug-likeness (QED) is 0.595. The Morgan fingerprint density at radius 3 is 2.78 bits per heavy atom. The highest BCUT2D eigenvalue weighted by atomic mass is 35.5. The maximum Gasteiger partial charge on any atom is 0.230 e. The van der Waals surface area contributed by atoms with Crippen molar-refractivity contribution in [1.82, 2.24) is 4.98 Å². The van der Waals surface area contributed by atoms with Crippen molar-refractivity contribution < 1.29 is 9.53 Å². The molecule has 0 aliphatic heterocycles. The fraction of sp³-hybridized carbons (Fsp3) is 0.238. The summed E-state index contributed by atoms with van der Waals surface area (Å²) in [4.78, 5) is 16.8. The van der Waals surface area contributed by atoms with E-state index in [-0.39, 0.29) is 12.3 Å². The van der Waals surface area contributed by atoms with Crippen LogP contribution in [0.4, 0.5) is 5.69 Å². The number of nitrogens with one attached hydrogen (secondary N) is 1. The second kappa shape index (κ2) is 8.55. The second-order valence-electron chi connectivity index (χ2n) is 6.40. The Morgan fingerprint density at radius 1 is 1.19 bits per heavy atom. The van der Waals surface area contributed by atoms with Crippen LogP contribution in [0.1, 0.15) is 27.4 Å². The van der Waals surface area contributed by atoms with Crippen LogP contribution < -0.4 is 10.1 Å². The maximum atomic E-state index is 12.3. The summed E-state index contributed by atoms with van der Waals surface area (Å²) in [7, 11) is 0. The smallest absolute Gasteiger partial charge is 0.230 e. The largest absolute Gasteiger partial charge is 0.486 e. The van der Waals surface area contributed by atoms with Gasteiger partial charge in [-0.15, -0.1) is 11.3 Å². The Morgan fingerprint density at radius 2 is 2.00 bits per heavy atom. The van der Waals surface area contributed by atoms with Crippen LogP contribution in [0, 0.1) is 20.8 Å². The Bertz CT molecular complexity index is 969. The molecule has 0 saturated heterocycles. The molecule has 1 amide bonds. The maximum absolute atomic E-state index is 12.3. The lowest BCUT2D eigenvalue weighted by Crippen LogP contribution is -2.15. The van der Waals surface area contributed by atoms with Crippen LogP contribution in [0.5, 0.6) is 5.75 Å². The zero-order chi connectivity index (χ0) is 19.4. The van der Waals surface area contributed by atoms with Gasteiger partial charge in [-0.1, -0.05) is 23.7 Å². The highest BCUT2D eigenvalue weighted by Gasteiger charge is 2.10. The Kier molecular flexibility index (Phi) is 6.14. The number of nitrogens with zero attached hydrogens (tertiary/aromatic N) is 1. The molecule has 6 heteroatoms. The van der Waals surface area contributed by atoms with Crippen molar-refractivity contribution in [1.29, 1.82) is 0 Å². The van der Waals surface area contributed by atoms with E-state index in [1.807, 2.05) is 62.5 Å². The summed E-state index contributed by atoms with van der Waals surface area (Å²) in [5.74, 6) is 0.677. The number of aromatic nitrogens is 1. The molecular weight excluding hydrogens is 380 g/mol. The van der Waals surface area contributed by atoms with Gasteiger partial charge in [-0.3, -0.25) is 4.79 Å². The highest BCUT2D eigenvalue weighted by Crippen LogP contribution is 2.23. The molecule has 0 aliphatic carbocycles. The van der Waals surface area contributed by atoms with Crippen LogP contribution in [0.3, 0.4) is 0 Å². The summed E-state index contributed by atoms with van der Waals surface area (Å²) in [6.07, 6.45) is 0.240. The van der Waals surface area contributed by atoms with Gasteiger partial charge in [0.1, 0.15) is 17.4 Å². The Labute approximate surface area is 168 Å². The van der Waals surface area contributed by atoms with Gasteiger partial charge in [-0.05, 0) is 61.7 Å². The first kappa shape index (κ1) is 19.4. The zero-order valence-corrected chi connectivity index (χ0v) is 17.1. The van der Waals surface area contributed by atoms with E-state index in [0.717, 1.165) is 38.8 Å². The molecule has 0 bridgehead atoms. The zero-order valence-electron chi connectivity index (χ0n) is 15.5. The van der Waals surface area contributed by atoms with Gasteiger partial charge < -0.3 is 10.1 Å². The number of hydrogen-bond donors (Lipinski definition) is 1. The molecule has 27 heavy (non-hydrogen) atoms. The molecule has 140 valence electrons. The van der Waals surface area contributed by atoms with Crippen molar-refractivity contribution in [3.05, 3.63) is 74.2 Å². The number of carbonyl (C=O) groups is 1. The number of benzene rings is 2. The average Bonchev–Trinajstić information content (AvgIpc) is 3.07. The van der Waals surface area contributed by atoms with Crippen LogP contribution in [-0.2, 0) is 17.8 Å². The van der Waals surface area contributed by atoms with Gasteiger partial charge in [-0.2, -0.15) is 0 Å². The lowest BCUT2D eigenvalue weighted by atomic mass is 10.1. The summed E-state index contributed by atoms with van der Waals surface area (Å²) in [6, 6.07) is 11.4. The van der Waals surface area contributed by atoms with Crippen molar-refractivity contribution >= 4 is 34.5 Å². The number of ether oxygens (including phenoxy) is 1.